The summed E-state index contributed by atoms with van der Waals surface area (Å²) in [4.78, 5) is 128. The van der Waals surface area contributed by atoms with Crippen LogP contribution in [0, 0.1) is 56.2 Å². The largest absolute Gasteiger partial charge is 0.480 e. The lowest BCUT2D eigenvalue weighted by Crippen LogP contribution is -2.47. The van der Waals surface area contributed by atoms with Gasteiger partial charge in [0, 0.05) is 19.4 Å². The van der Waals surface area contributed by atoms with E-state index < -0.39 is 222 Å². The molecule has 0 bridgehead atoms. The van der Waals surface area contributed by atoms with Crippen molar-refractivity contribution in [3.8, 4) is 0 Å². The third kappa shape index (κ3) is 48.3. The molecular weight excluding hydrogens is 1810 g/mol. The number of carbonyl (C=O) groups is 11. The minimum absolute atomic E-state index is 0.0563. The number of Topliss-reactive ketones (excluding diaryl/α,β-unsaturated/α-hetero) is 2. The van der Waals surface area contributed by atoms with Crippen LogP contribution in [0.15, 0.2) is 121 Å². The Bertz CT molecular complexity index is 4130. The van der Waals surface area contributed by atoms with Crippen LogP contribution in [0.3, 0.4) is 0 Å². The monoisotopic (exact) mass is 1940 g/mol. The molecule has 8 atom stereocenters. The fraction of sp³-hybridized carbons (Fsp3) is 0.607. The fourth-order valence-electron chi connectivity index (χ4n) is 11.3. The van der Waals surface area contributed by atoms with Gasteiger partial charge in [0.1, 0.15) is 49.8 Å². The summed E-state index contributed by atoms with van der Waals surface area (Å²) < 4.78 is 255. The summed E-state index contributed by atoms with van der Waals surface area (Å²) in [7, 11) is 2.40. The van der Waals surface area contributed by atoms with Crippen LogP contribution >= 0.6 is 0 Å². The molecule has 0 aliphatic carbocycles. The number of aliphatic carboxylic acids is 4. The Hall–Kier alpha value is -10.5. The molecular formula is C89H124F18N6O20. The number of ether oxygens (including phenoxy) is 5. The van der Waals surface area contributed by atoms with Crippen molar-refractivity contribution in [1.29, 1.82) is 0 Å². The average Bonchev–Trinajstić information content (AvgIpc) is 0.820. The second-order valence-electron chi connectivity index (χ2n) is 35.8. The van der Waals surface area contributed by atoms with E-state index in [1.54, 1.807) is 115 Å². The number of hydrogen-bond acceptors (Lipinski definition) is 19. The molecule has 0 aliphatic rings. The number of nitrogens with two attached hydrogens (primary N) is 2. The number of carboxylic acids is 4. The Morgan fingerprint density at radius 3 is 0.782 bits per heavy atom. The van der Waals surface area contributed by atoms with E-state index in [1.165, 1.54) is 14.2 Å². The second kappa shape index (κ2) is 54.7. The van der Waals surface area contributed by atoms with E-state index in [9.17, 15) is 132 Å². The summed E-state index contributed by atoms with van der Waals surface area (Å²) >= 11 is 0. The van der Waals surface area contributed by atoms with E-state index in [-0.39, 0.29) is 51.0 Å². The molecule has 4 rings (SSSR count). The summed E-state index contributed by atoms with van der Waals surface area (Å²) in [6.45, 7) is 18.6. The number of nitrogens with one attached hydrogen (secondary N) is 4. The maximum Gasteiger partial charge on any atom is 0.408 e. The second-order valence-corrected chi connectivity index (χ2v) is 35.8. The minimum atomic E-state index is -4.60. The van der Waals surface area contributed by atoms with Gasteiger partial charge in [-0.25, -0.2) is 24.0 Å². The van der Waals surface area contributed by atoms with Crippen molar-refractivity contribution in [2.75, 3.05) is 14.2 Å². The van der Waals surface area contributed by atoms with E-state index in [0.717, 1.165) is 88.6 Å². The lowest BCUT2D eigenvalue weighted by atomic mass is 9.81. The van der Waals surface area contributed by atoms with Crippen LogP contribution in [-0.2, 0) is 88.4 Å². The maximum absolute atomic E-state index is 13.5. The number of carboxylic acid groups (broad SMARTS) is 4. The SMILES string of the molecule is CC(C)(CC(N)C(=O)O)C(F)(F)F.CC(C)(CC(NC(=O)OCc1ccccc1)C(=O)O)C(F)(F)F.CC(C)(CC(NC(=O)OCc1ccccc1)C(=O)O)C(F)(F)F.CC(C)(CC(NCc1ccccc1)C(=O)O)C(F)(F)F.COC(=O)[C@@H](CC(=O)[C@@H](CC(C)(C)C(F)(F)F)NC(=O)OCc1ccccc1)CC(C)C.COC(=O)[C@@H](CC(=O)[C@H](N)CC(C)(C)C(F)(F)F)CC(C)C. The number of benzene rings is 4. The Balaban J connectivity index is 0. The molecule has 133 heavy (non-hydrogen) atoms. The number of hydrogen-bond donors (Lipinski definition) is 10. The average molecular weight is 1940 g/mol. The van der Waals surface area contributed by atoms with Gasteiger partial charge in [-0.1, -0.05) is 232 Å². The van der Waals surface area contributed by atoms with Crippen molar-refractivity contribution in [1.82, 2.24) is 21.3 Å². The van der Waals surface area contributed by atoms with Gasteiger partial charge in [-0.3, -0.25) is 28.8 Å². The molecule has 0 saturated carbocycles. The first-order chi connectivity index (χ1) is 60.3. The van der Waals surface area contributed by atoms with Gasteiger partial charge >= 0.3 is 91.2 Å². The first-order valence-corrected chi connectivity index (χ1v) is 41.1. The van der Waals surface area contributed by atoms with Gasteiger partial charge in [0.15, 0.2) is 5.78 Å². The lowest BCUT2D eigenvalue weighted by Gasteiger charge is -2.32. The highest BCUT2D eigenvalue weighted by Crippen LogP contribution is 2.46. The Labute approximate surface area is 760 Å². The highest BCUT2D eigenvalue weighted by atomic mass is 19.4. The van der Waals surface area contributed by atoms with Gasteiger partial charge < -0.3 is 76.8 Å². The zero-order chi connectivity index (χ0) is 104. The molecule has 0 aliphatic heterocycles. The number of alkyl carbamates (subject to hydrolysis) is 3. The quantitative estimate of drug-likeness (QED) is 0.0112. The minimum Gasteiger partial charge on any atom is -0.480 e. The standard InChI is InChI=1S/C23H32F3NO5.2C15H18F3NO4.C15H26F3NO3.C14H18F3NO2.C7H12F3NO2/c1-15(2)11-17(20(29)31-5)12-19(28)18(13-22(3,4)23(24,25)26)27-21(30)32-14-16-9-7-6-8-10-16;2*1-14(2,15(16,17)18)8-11(12(20)21)19-13(22)23-9-10-6-4-3-5-7-10;1-9(2)6-10(13(21)22-5)7-12(20)11(19)8-14(3,4)15(16,17)18;1-13(2,14(15,16)17)8-11(12(19)20)18-9-10-6-4-3-5-7-10;1-6(2,7(8,9)10)3-4(11)5(12)13/h6-10,15,17-18H,11-14H2,1-5H3,(H,27,30);2*3-7,11H,8-9H2,1-2H3,(H,19,22)(H,20,21);9-11H,6-8,19H2,1-5H3;3-7,11,18H,8-9H2,1-2H3,(H,19,20);4H,3,11H2,1-2H3,(H,12,13)/t17-,18-;;;10-,11-;;/m1..1../s1. The molecule has 3 amide bonds. The molecule has 0 spiro atoms. The molecule has 0 heterocycles. The summed E-state index contributed by atoms with van der Waals surface area (Å²) in [5, 5.41) is 44.2. The first-order valence-electron chi connectivity index (χ1n) is 41.1. The Kier molecular flexibility index (Phi) is 51.2. The van der Waals surface area contributed by atoms with Gasteiger partial charge in [-0.2, -0.15) is 79.0 Å². The van der Waals surface area contributed by atoms with Crippen molar-refractivity contribution >= 4 is 65.7 Å². The van der Waals surface area contributed by atoms with E-state index >= 15 is 0 Å². The van der Waals surface area contributed by atoms with Crippen LogP contribution in [0.25, 0.3) is 0 Å². The van der Waals surface area contributed by atoms with Crippen molar-refractivity contribution in [2.24, 2.45) is 67.6 Å². The van der Waals surface area contributed by atoms with Gasteiger partial charge in [0.05, 0.1) is 70.6 Å². The normalized spacial score (nSPS) is 14.1. The Morgan fingerprint density at radius 2 is 0.541 bits per heavy atom. The van der Waals surface area contributed by atoms with E-state index in [1.807, 2.05) is 44.4 Å². The zero-order valence-electron chi connectivity index (χ0n) is 77.0. The van der Waals surface area contributed by atoms with Crippen LogP contribution in [0.5, 0.6) is 0 Å². The van der Waals surface area contributed by atoms with E-state index in [4.69, 9.17) is 50.8 Å². The highest BCUT2D eigenvalue weighted by molar-refractivity contribution is 5.91. The topological polar surface area (TPSA) is 415 Å². The van der Waals surface area contributed by atoms with Crippen molar-refractivity contribution in [3.05, 3.63) is 144 Å². The van der Waals surface area contributed by atoms with E-state index in [0.29, 0.717) is 29.5 Å². The number of amides is 3. The van der Waals surface area contributed by atoms with Gasteiger partial charge in [-0.05, 0) is 85.5 Å². The third-order valence-electron chi connectivity index (χ3n) is 20.3. The molecule has 44 heteroatoms. The first kappa shape index (κ1) is 125. The molecule has 756 valence electrons. The molecule has 4 unspecified atom stereocenters. The number of rotatable bonds is 40. The fourth-order valence-corrected chi connectivity index (χ4v) is 11.3. The van der Waals surface area contributed by atoms with Crippen molar-refractivity contribution in [2.45, 2.75) is 275 Å². The number of esters is 2. The third-order valence-corrected chi connectivity index (χ3v) is 20.3. The lowest BCUT2D eigenvalue weighted by molar-refractivity contribution is -0.216. The summed E-state index contributed by atoms with van der Waals surface area (Å²) in [6, 6.07) is 26.0. The summed E-state index contributed by atoms with van der Waals surface area (Å²) in [5.74, 6) is -9.47. The predicted molar refractivity (Wildman–Crippen MR) is 450 cm³/mol. The van der Waals surface area contributed by atoms with Crippen LogP contribution in [0.2, 0.25) is 0 Å². The highest BCUT2D eigenvalue weighted by Gasteiger charge is 2.54. The number of methoxy groups -OCH3 is 2. The predicted octanol–water partition coefficient (Wildman–Crippen LogP) is 19.4. The zero-order valence-corrected chi connectivity index (χ0v) is 77.0. The molecule has 0 aromatic heterocycles. The molecule has 26 nitrogen and oxygen atoms in total. The molecule has 4 aromatic rings. The van der Waals surface area contributed by atoms with Crippen LogP contribution < -0.4 is 32.7 Å². The molecule has 0 radical (unpaired) electrons. The molecule has 0 saturated heterocycles. The van der Waals surface area contributed by atoms with Gasteiger partial charge in [0.2, 0.25) is 0 Å². The van der Waals surface area contributed by atoms with Gasteiger partial charge in [-0.15, -0.1) is 0 Å². The van der Waals surface area contributed by atoms with Crippen LogP contribution in [-0.4, -0.2) is 174 Å². The van der Waals surface area contributed by atoms with Crippen LogP contribution in [0.4, 0.5) is 93.4 Å². The summed E-state index contributed by atoms with van der Waals surface area (Å²) in [6.07, 6.45) is -34.0. The van der Waals surface area contributed by atoms with Crippen molar-refractivity contribution < 1.29 is 176 Å². The molecule has 4 aromatic carbocycles. The van der Waals surface area contributed by atoms with E-state index in [2.05, 4.69) is 15.4 Å². The Morgan fingerprint density at radius 1 is 0.316 bits per heavy atom. The molecule has 0 fully saturated rings. The maximum atomic E-state index is 13.5. The number of halogens is 18. The van der Waals surface area contributed by atoms with Gasteiger partial charge in [0.25, 0.3) is 0 Å². The summed E-state index contributed by atoms with van der Waals surface area (Å²) in [5.41, 5.74) is 0.520. The molecule has 12 N–H and O–H groups in total. The number of alkyl halides is 18. The van der Waals surface area contributed by atoms with Crippen LogP contribution in [0.1, 0.15) is 197 Å². The van der Waals surface area contributed by atoms with Crippen molar-refractivity contribution in [3.63, 3.8) is 0 Å². The smallest absolute Gasteiger partial charge is 0.408 e. The number of ketones is 2. The number of carbonyl (C=O) groups excluding carboxylic acids is 7.